The molecule has 3 fully saturated rings. The Balaban J connectivity index is 1.39. The third kappa shape index (κ3) is 3.10. The van der Waals surface area contributed by atoms with Crippen molar-refractivity contribution >= 4 is 22.7 Å². The molecular formula is C32H37NO6. The minimum atomic E-state index is -1.82. The topological polar surface area (TPSA) is 97.8 Å². The van der Waals surface area contributed by atoms with E-state index in [9.17, 15) is 14.7 Å². The van der Waals surface area contributed by atoms with E-state index >= 15 is 0 Å². The van der Waals surface area contributed by atoms with Crippen LogP contribution >= 0.6 is 0 Å². The highest BCUT2D eigenvalue weighted by Gasteiger charge is 2.77. The summed E-state index contributed by atoms with van der Waals surface area (Å²) < 4.78 is 18.8. The van der Waals surface area contributed by atoms with Gasteiger partial charge in [-0.3, -0.25) is 4.79 Å². The van der Waals surface area contributed by atoms with Gasteiger partial charge in [0.25, 0.3) is 0 Å². The highest BCUT2D eigenvalue weighted by Crippen LogP contribution is 2.72. The normalized spacial score (nSPS) is 41.4. The summed E-state index contributed by atoms with van der Waals surface area (Å²) in [5.41, 5.74) is -0.557. The zero-order valence-electron chi connectivity index (χ0n) is 23.4. The molecule has 0 radical (unpaired) electrons. The lowest BCUT2D eigenvalue weighted by Gasteiger charge is -2.52. The van der Waals surface area contributed by atoms with E-state index < -0.39 is 35.0 Å². The Kier molecular flexibility index (Phi) is 4.99. The number of allylic oxidation sites excluding steroid dienone is 1. The molecule has 1 aromatic carbocycles. The van der Waals surface area contributed by atoms with Crippen LogP contribution in [-0.4, -0.2) is 52.0 Å². The van der Waals surface area contributed by atoms with Gasteiger partial charge in [0.1, 0.15) is 6.10 Å². The van der Waals surface area contributed by atoms with Crippen LogP contribution in [0.5, 0.6) is 0 Å². The molecule has 1 aromatic heterocycles. The number of ether oxygens (including phenoxy) is 3. The average molecular weight is 532 g/mol. The summed E-state index contributed by atoms with van der Waals surface area (Å²) in [5, 5.41) is 14.0. The van der Waals surface area contributed by atoms with Crippen molar-refractivity contribution in [1.82, 2.24) is 4.98 Å². The number of aromatic nitrogens is 1. The molecule has 1 spiro atoms. The molecular weight excluding hydrogens is 494 g/mol. The molecule has 206 valence electrons. The number of ketones is 1. The molecule has 7 rings (SSSR count). The molecule has 7 heteroatoms. The first-order chi connectivity index (χ1) is 18.3. The van der Waals surface area contributed by atoms with Crippen LogP contribution in [0.4, 0.5) is 0 Å². The molecule has 5 aliphatic rings. The number of carbonyl (C=O) groups is 2. The van der Waals surface area contributed by atoms with Crippen LogP contribution in [0.3, 0.4) is 0 Å². The number of nitrogens with one attached hydrogen (secondary N) is 1. The van der Waals surface area contributed by atoms with E-state index in [1.165, 1.54) is 0 Å². The summed E-state index contributed by atoms with van der Waals surface area (Å²) in [5.74, 6) is -1.51. The van der Waals surface area contributed by atoms with Crippen molar-refractivity contribution in [2.45, 2.75) is 71.6 Å². The predicted octanol–water partition coefficient (Wildman–Crippen LogP) is 4.96. The zero-order valence-corrected chi connectivity index (χ0v) is 23.4. The van der Waals surface area contributed by atoms with Gasteiger partial charge >= 0.3 is 5.97 Å². The molecule has 2 N–H and O–H groups in total. The molecule has 2 aromatic rings. The number of Topliss-reactive ketones (excluding diaryl/α,β-unsaturated/α-hetero) is 1. The lowest BCUT2D eigenvalue weighted by Crippen LogP contribution is -2.68. The first-order valence-corrected chi connectivity index (χ1v) is 14.1. The van der Waals surface area contributed by atoms with E-state index in [-0.39, 0.29) is 35.6 Å². The van der Waals surface area contributed by atoms with Crippen molar-refractivity contribution in [3.05, 3.63) is 59.3 Å². The Hall–Kier alpha value is -2.74. The van der Waals surface area contributed by atoms with Crippen LogP contribution in [0, 0.1) is 34.5 Å². The van der Waals surface area contributed by atoms with Gasteiger partial charge in [0.15, 0.2) is 23.3 Å². The van der Waals surface area contributed by atoms with Crippen molar-refractivity contribution in [3.63, 3.8) is 0 Å². The van der Waals surface area contributed by atoms with Gasteiger partial charge in [-0.1, -0.05) is 45.1 Å². The number of aliphatic hydroxyl groups is 1. The van der Waals surface area contributed by atoms with E-state index in [4.69, 9.17) is 14.2 Å². The third-order valence-electron chi connectivity index (χ3n) is 10.7. The Morgan fingerprint density at radius 3 is 2.72 bits per heavy atom. The van der Waals surface area contributed by atoms with Gasteiger partial charge in [-0.25, -0.2) is 4.79 Å². The molecule has 0 amide bonds. The summed E-state index contributed by atoms with van der Waals surface area (Å²) in [6.07, 6.45) is 4.59. The predicted molar refractivity (Wildman–Crippen MR) is 145 cm³/mol. The Morgan fingerprint density at radius 1 is 1.18 bits per heavy atom. The van der Waals surface area contributed by atoms with Gasteiger partial charge in [-0.2, -0.15) is 0 Å². The van der Waals surface area contributed by atoms with Gasteiger partial charge in [-0.15, -0.1) is 0 Å². The average Bonchev–Trinajstić information content (AvgIpc) is 3.17. The van der Waals surface area contributed by atoms with Crippen molar-refractivity contribution in [2.24, 2.45) is 34.5 Å². The number of hydrogen-bond donors (Lipinski definition) is 2. The minimum Gasteiger partial charge on any atom is -0.451 e. The first kappa shape index (κ1) is 25.2. The standard InChI is InChI=1S/C32H37NO6/c1-16-14-31-17(2)12-22-23(29(22,3)4)21(25(31)34)13-19-15-37-30(5,6)39-27(19)32(31,36)26(16)38-28(35)20-9-7-8-18-10-11-33-24(18)20/h7-11,13-14,17,21-23,26-27,33,36H,12,15H2,1-6H3/t17-,21+,22-,23+,26+,27-,31+,32-/m1/s1. The number of para-hydroxylation sites is 1. The van der Waals surface area contributed by atoms with Crippen molar-refractivity contribution in [2.75, 3.05) is 6.61 Å². The quantitative estimate of drug-likeness (QED) is 0.420. The van der Waals surface area contributed by atoms with E-state index in [1.54, 1.807) is 12.3 Å². The smallest absolute Gasteiger partial charge is 0.340 e. The molecule has 39 heavy (non-hydrogen) atoms. The summed E-state index contributed by atoms with van der Waals surface area (Å²) in [6, 6.07) is 7.35. The number of benzene rings is 1. The molecule has 1 aliphatic heterocycles. The van der Waals surface area contributed by atoms with E-state index in [1.807, 2.05) is 51.1 Å². The van der Waals surface area contributed by atoms with Gasteiger partial charge in [0, 0.05) is 17.5 Å². The van der Waals surface area contributed by atoms with Gasteiger partial charge in [0.05, 0.1) is 23.1 Å². The number of H-pyrrole nitrogens is 1. The Morgan fingerprint density at radius 2 is 1.95 bits per heavy atom. The van der Waals surface area contributed by atoms with Crippen molar-refractivity contribution in [3.8, 4) is 0 Å². The van der Waals surface area contributed by atoms with Crippen LogP contribution in [0.25, 0.3) is 10.9 Å². The molecule has 1 saturated heterocycles. The van der Waals surface area contributed by atoms with E-state index in [0.717, 1.165) is 17.4 Å². The third-order valence-corrected chi connectivity index (χ3v) is 10.7. The number of aromatic amines is 1. The van der Waals surface area contributed by atoms with Crippen molar-refractivity contribution in [1.29, 1.82) is 0 Å². The first-order valence-electron chi connectivity index (χ1n) is 14.1. The van der Waals surface area contributed by atoms with Crippen LogP contribution < -0.4 is 0 Å². The van der Waals surface area contributed by atoms with Crippen molar-refractivity contribution < 1.29 is 28.9 Å². The maximum Gasteiger partial charge on any atom is 0.340 e. The number of esters is 1. The second-order valence-corrected chi connectivity index (χ2v) is 13.5. The fourth-order valence-corrected chi connectivity index (χ4v) is 8.73. The van der Waals surface area contributed by atoms with Gasteiger partial charge in [-0.05, 0) is 73.6 Å². The van der Waals surface area contributed by atoms with Crippen LogP contribution in [0.2, 0.25) is 0 Å². The summed E-state index contributed by atoms with van der Waals surface area (Å²) in [7, 11) is 0. The largest absolute Gasteiger partial charge is 0.451 e. The molecule has 2 heterocycles. The minimum absolute atomic E-state index is 0.00301. The second kappa shape index (κ2) is 7.71. The van der Waals surface area contributed by atoms with E-state index in [0.29, 0.717) is 22.6 Å². The van der Waals surface area contributed by atoms with E-state index in [2.05, 4.69) is 25.8 Å². The molecule has 8 atom stereocenters. The fraction of sp³-hybridized carbons (Fsp3) is 0.562. The fourth-order valence-electron chi connectivity index (χ4n) is 8.73. The lowest BCUT2D eigenvalue weighted by molar-refractivity contribution is -0.302. The maximum absolute atomic E-state index is 14.8. The number of rotatable bonds is 2. The SMILES string of the molecule is CC1=C[C@]23C(=O)[C@@H](C=C4COC(C)(C)O[C@H]4[C@]2(O)[C@H]1OC(=O)c1cccc2cc[nH]c12)[C@H]1[C@@H](C[C@H]3C)C1(C)C. The van der Waals surface area contributed by atoms with Gasteiger partial charge in [0.2, 0.25) is 0 Å². The monoisotopic (exact) mass is 531 g/mol. The maximum atomic E-state index is 14.8. The molecule has 7 nitrogen and oxygen atoms in total. The molecule has 2 bridgehead atoms. The highest BCUT2D eigenvalue weighted by molar-refractivity contribution is 6.03. The summed E-state index contributed by atoms with van der Waals surface area (Å²) in [6.45, 7) is 12.3. The number of hydrogen-bond acceptors (Lipinski definition) is 6. The molecule has 0 unspecified atom stereocenters. The Bertz CT molecular complexity index is 1480. The Labute approximate surface area is 228 Å². The number of fused-ring (bicyclic) bond motifs is 6. The van der Waals surface area contributed by atoms with Crippen LogP contribution in [0.1, 0.15) is 58.3 Å². The number of carbonyl (C=O) groups excluding carboxylic acids is 2. The zero-order chi connectivity index (χ0) is 27.7. The van der Waals surface area contributed by atoms with Crippen LogP contribution in [0.15, 0.2) is 53.8 Å². The lowest BCUT2D eigenvalue weighted by atomic mass is 9.59. The highest BCUT2D eigenvalue weighted by atomic mass is 16.7. The summed E-state index contributed by atoms with van der Waals surface area (Å²) in [4.78, 5) is 31.7. The van der Waals surface area contributed by atoms with Crippen LogP contribution in [-0.2, 0) is 19.0 Å². The summed E-state index contributed by atoms with van der Waals surface area (Å²) >= 11 is 0. The van der Waals surface area contributed by atoms with Gasteiger partial charge < -0.3 is 24.3 Å². The molecule has 2 saturated carbocycles. The second-order valence-electron chi connectivity index (χ2n) is 13.5. The molecule has 4 aliphatic carbocycles.